The summed E-state index contributed by atoms with van der Waals surface area (Å²) >= 11 is 1.97. The van der Waals surface area contributed by atoms with Crippen LogP contribution in [0, 0.1) is 5.92 Å². The Morgan fingerprint density at radius 1 is 1.14 bits per heavy atom. The fraction of sp³-hybridized carbons (Fsp3) is 0.467. The van der Waals surface area contributed by atoms with Crippen molar-refractivity contribution in [3.05, 3.63) is 29.8 Å². The van der Waals surface area contributed by atoms with E-state index in [2.05, 4.69) is 10.6 Å². The van der Waals surface area contributed by atoms with Crippen LogP contribution < -0.4 is 16.4 Å². The molecular weight excluding hydrogens is 286 g/mol. The highest BCUT2D eigenvalue weighted by molar-refractivity contribution is 7.99. The van der Waals surface area contributed by atoms with E-state index in [1.807, 2.05) is 11.8 Å². The molecule has 0 atom stereocenters. The standard InChI is InChI=1S/C15H21N3O2S/c16-13-3-1-12(2-4-13)15(20)18-10-14(19)17-9-11-5-7-21-8-6-11/h1-4,11H,5-10,16H2,(H,17,19)(H,18,20). The van der Waals surface area contributed by atoms with Crippen molar-refractivity contribution in [2.45, 2.75) is 12.8 Å². The molecule has 0 spiro atoms. The number of nitrogen functional groups attached to an aromatic ring is 1. The molecule has 1 aromatic carbocycles. The second-order valence-corrected chi connectivity index (χ2v) is 6.39. The summed E-state index contributed by atoms with van der Waals surface area (Å²) in [7, 11) is 0. The van der Waals surface area contributed by atoms with Crippen molar-refractivity contribution in [1.82, 2.24) is 10.6 Å². The third kappa shape index (κ3) is 5.30. The van der Waals surface area contributed by atoms with Crippen molar-refractivity contribution in [2.24, 2.45) is 5.92 Å². The minimum Gasteiger partial charge on any atom is -0.399 e. The molecule has 0 aromatic heterocycles. The first kappa shape index (κ1) is 15.7. The minimum atomic E-state index is -0.265. The van der Waals surface area contributed by atoms with Gasteiger partial charge in [-0.3, -0.25) is 9.59 Å². The molecule has 1 aromatic rings. The summed E-state index contributed by atoms with van der Waals surface area (Å²) in [6.07, 6.45) is 2.31. The summed E-state index contributed by atoms with van der Waals surface area (Å²) in [5.74, 6) is 2.52. The highest BCUT2D eigenvalue weighted by Gasteiger charge is 2.14. The normalized spacial score (nSPS) is 15.4. The lowest BCUT2D eigenvalue weighted by atomic mass is 10.0. The highest BCUT2D eigenvalue weighted by atomic mass is 32.2. The van der Waals surface area contributed by atoms with E-state index in [4.69, 9.17) is 5.73 Å². The number of rotatable bonds is 5. The van der Waals surface area contributed by atoms with Crippen LogP contribution in [0.5, 0.6) is 0 Å². The molecule has 2 rings (SSSR count). The molecule has 0 unspecified atom stereocenters. The first-order valence-electron chi connectivity index (χ1n) is 7.13. The van der Waals surface area contributed by atoms with Crippen LogP contribution in [0.3, 0.4) is 0 Å². The molecule has 1 fully saturated rings. The zero-order chi connectivity index (χ0) is 15.1. The van der Waals surface area contributed by atoms with Gasteiger partial charge in [-0.2, -0.15) is 11.8 Å². The fourth-order valence-electron chi connectivity index (χ4n) is 2.17. The van der Waals surface area contributed by atoms with Crippen LogP contribution in [0.15, 0.2) is 24.3 Å². The Kier molecular flexibility index (Phi) is 5.92. The van der Waals surface area contributed by atoms with Gasteiger partial charge in [0.15, 0.2) is 0 Å². The molecule has 2 amide bonds. The van der Waals surface area contributed by atoms with E-state index in [9.17, 15) is 9.59 Å². The minimum absolute atomic E-state index is 0.00464. The number of amides is 2. The van der Waals surface area contributed by atoms with Gasteiger partial charge in [-0.1, -0.05) is 0 Å². The van der Waals surface area contributed by atoms with E-state index in [0.29, 0.717) is 23.7 Å². The van der Waals surface area contributed by atoms with Crippen LogP contribution in [0.1, 0.15) is 23.2 Å². The van der Waals surface area contributed by atoms with E-state index in [1.54, 1.807) is 24.3 Å². The zero-order valence-electron chi connectivity index (χ0n) is 11.9. The number of thioether (sulfide) groups is 1. The number of anilines is 1. The van der Waals surface area contributed by atoms with Crippen LogP contribution >= 0.6 is 11.8 Å². The SMILES string of the molecule is Nc1ccc(C(=O)NCC(=O)NCC2CCSCC2)cc1. The smallest absolute Gasteiger partial charge is 0.251 e. The van der Waals surface area contributed by atoms with Crippen molar-refractivity contribution < 1.29 is 9.59 Å². The largest absolute Gasteiger partial charge is 0.399 e. The van der Waals surface area contributed by atoms with E-state index >= 15 is 0 Å². The van der Waals surface area contributed by atoms with Gasteiger partial charge in [0.1, 0.15) is 0 Å². The molecule has 1 aliphatic rings. The Bertz CT molecular complexity index is 484. The van der Waals surface area contributed by atoms with Gasteiger partial charge in [0.2, 0.25) is 5.91 Å². The second kappa shape index (κ2) is 7.93. The maximum absolute atomic E-state index is 11.8. The van der Waals surface area contributed by atoms with Gasteiger partial charge >= 0.3 is 0 Å². The quantitative estimate of drug-likeness (QED) is 0.715. The number of hydrogen-bond acceptors (Lipinski definition) is 4. The Balaban J connectivity index is 1.68. The number of hydrogen-bond donors (Lipinski definition) is 3. The van der Waals surface area contributed by atoms with Crippen LogP contribution in [-0.2, 0) is 4.79 Å². The Morgan fingerprint density at radius 2 is 1.81 bits per heavy atom. The molecule has 4 N–H and O–H groups in total. The van der Waals surface area contributed by atoms with Gasteiger partial charge in [0, 0.05) is 17.8 Å². The molecule has 0 radical (unpaired) electrons. The van der Waals surface area contributed by atoms with Gasteiger partial charge in [-0.25, -0.2) is 0 Å². The predicted molar refractivity (Wildman–Crippen MR) is 86.2 cm³/mol. The number of nitrogens with one attached hydrogen (secondary N) is 2. The van der Waals surface area contributed by atoms with Crippen molar-refractivity contribution in [3.8, 4) is 0 Å². The number of benzene rings is 1. The topological polar surface area (TPSA) is 84.2 Å². The van der Waals surface area contributed by atoms with Crippen molar-refractivity contribution in [2.75, 3.05) is 30.3 Å². The molecular formula is C15H21N3O2S. The summed E-state index contributed by atoms with van der Waals surface area (Å²) in [5.41, 5.74) is 6.67. The average Bonchev–Trinajstić information content (AvgIpc) is 2.52. The molecule has 0 bridgehead atoms. The van der Waals surface area contributed by atoms with Gasteiger partial charge in [-0.15, -0.1) is 0 Å². The van der Waals surface area contributed by atoms with Crippen LogP contribution in [-0.4, -0.2) is 36.4 Å². The predicted octanol–water partition coefficient (Wildman–Crippen LogP) is 1.26. The number of nitrogens with two attached hydrogens (primary N) is 1. The summed E-state index contributed by atoms with van der Waals surface area (Å²) in [6.45, 7) is 0.710. The average molecular weight is 307 g/mol. The first-order valence-corrected chi connectivity index (χ1v) is 8.29. The van der Waals surface area contributed by atoms with E-state index in [1.165, 1.54) is 11.5 Å². The van der Waals surface area contributed by atoms with E-state index in [-0.39, 0.29) is 18.4 Å². The third-order valence-electron chi connectivity index (χ3n) is 3.51. The fourth-order valence-corrected chi connectivity index (χ4v) is 3.37. The number of carbonyl (C=O) groups is 2. The molecule has 1 heterocycles. The maximum atomic E-state index is 11.8. The highest BCUT2D eigenvalue weighted by Crippen LogP contribution is 2.21. The lowest BCUT2D eigenvalue weighted by Gasteiger charge is -2.21. The summed E-state index contributed by atoms with van der Waals surface area (Å²) in [5, 5.41) is 5.50. The lowest BCUT2D eigenvalue weighted by Crippen LogP contribution is -2.39. The molecule has 5 nitrogen and oxygen atoms in total. The van der Waals surface area contributed by atoms with Crippen molar-refractivity contribution in [1.29, 1.82) is 0 Å². The Hall–Kier alpha value is -1.69. The third-order valence-corrected chi connectivity index (χ3v) is 4.56. The zero-order valence-corrected chi connectivity index (χ0v) is 12.7. The van der Waals surface area contributed by atoms with Crippen molar-refractivity contribution >= 4 is 29.3 Å². The molecule has 6 heteroatoms. The molecule has 1 saturated heterocycles. The summed E-state index contributed by atoms with van der Waals surface area (Å²) in [4.78, 5) is 23.6. The van der Waals surface area contributed by atoms with Gasteiger partial charge < -0.3 is 16.4 Å². The van der Waals surface area contributed by atoms with E-state index < -0.39 is 0 Å². The lowest BCUT2D eigenvalue weighted by molar-refractivity contribution is -0.120. The molecule has 114 valence electrons. The number of carbonyl (C=O) groups excluding carboxylic acids is 2. The molecule has 0 aliphatic carbocycles. The Labute approximate surface area is 129 Å². The van der Waals surface area contributed by atoms with Crippen LogP contribution in [0.4, 0.5) is 5.69 Å². The second-order valence-electron chi connectivity index (χ2n) is 5.16. The molecule has 0 saturated carbocycles. The van der Waals surface area contributed by atoms with Crippen LogP contribution in [0.25, 0.3) is 0 Å². The first-order chi connectivity index (χ1) is 10.1. The molecule has 21 heavy (non-hydrogen) atoms. The molecule has 1 aliphatic heterocycles. The summed E-state index contributed by atoms with van der Waals surface area (Å²) in [6, 6.07) is 6.61. The Morgan fingerprint density at radius 3 is 2.48 bits per heavy atom. The van der Waals surface area contributed by atoms with Gasteiger partial charge in [-0.05, 0) is 54.5 Å². The van der Waals surface area contributed by atoms with Gasteiger partial charge in [0.25, 0.3) is 5.91 Å². The maximum Gasteiger partial charge on any atom is 0.251 e. The van der Waals surface area contributed by atoms with Crippen LogP contribution in [0.2, 0.25) is 0 Å². The van der Waals surface area contributed by atoms with Gasteiger partial charge in [0.05, 0.1) is 6.54 Å². The summed E-state index contributed by atoms with van der Waals surface area (Å²) < 4.78 is 0. The van der Waals surface area contributed by atoms with E-state index in [0.717, 1.165) is 12.8 Å². The van der Waals surface area contributed by atoms with Crippen molar-refractivity contribution in [3.63, 3.8) is 0 Å². The monoisotopic (exact) mass is 307 g/mol.